The van der Waals surface area contributed by atoms with Gasteiger partial charge in [0, 0.05) is 39.0 Å². The number of primary amides is 1. The van der Waals surface area contributed by atoms with E-state index in [9.17, 15) is 4.79 Å². The van der Waals surface area contributed by atoms with Gasteiger partial charge >= 0.3 is 0 Å². The third-order valence-electron chi connectivity index (χ3n) is 5.22. The highest BCUT2D eigenvalue weighted by Crippen LogP contribution is 2.32. The first-order valence-corrected chi connectivity index (χ1v) is 9.32. The van der Waals surface area contributed by atoms with Crippen LogP contribution < -0.4 is 10.6 Å². The standard InChI is InChI=1S/C18H26N6O2/c1-22-5-7-23(8-6-22)18-14-12-20-13(11-16(19)25)10-15(14)24(21-18)17-4-2-3-9-26-17/h10,12,17H,2-9,11H2,1H3,(H2,19,25). The van der Waals surface area contributed by atoms with Crippen LogP contribution in [0, 0.1) is 0 Å². The highest BCUT2D eigenvalue weighted by Gasteiger charge is 2.25. The molecule has 8 nitrogen and oxygen atoms in total. The van der Waals surface area contributed by atoms with Crippen molar-refractivity contribution < 1.29 is 9.53 Å². The second-order valence-electron chi connectivity index (χ2n) is 7.22. The number of likely N-dealkylation sites (N-methyl/N-ethyl adjacent to an activating group) is 1. The Morgan fingerprint density at radius 1 is 1.31 bits per heavy atom. The number of ether oxygens (including phenoxy) is 1. The number of carbonyl (C=O) groups excluding carboxylic acids is 1. The number of piperazine rings is 1. The van der Waals surface area contributed by atoms with E-state index in [2.05, 4.69) is 21.8 Å². The third-order valence-corrected chi connectivity index (χ3v) is 5.22. The second-order valence-corrected chi connectivity index (χ2v) is 7.22. The quantitative estimate of drug-likeness (QED) is 0.874. The molecule has 2 aromatic heterocycles. The van der Waals surface area contributed by atoms with Gasteiger partial charge in [0.2, 0.25) is 5.91 Å². The van der Waals surface area contributed by atoms with E-state index < -0.39 is 0 Å². The lowest BCUT2D eigenvalue weighted by atomic mass is 10.1. The van der Waals surface area contributed by atoms with Crippen LogP contribution in [0.5, 0.6) is 0 Å². The molecular weight excluding hydrogens is 332 g/mol. The summed E-state index contributed by atoms with van der Waals surface area (Å²) in [5, 5.41) is 5.94. The normalized spacial score (nSPS) is 22.0. The minimum Gasteiger partial charge on any atom is -0.369 e. The Balaban J connectivity index is 1.75. The van der Waals surface area contributed by atoms with Gasteiger partial charge in [-0.3, -0.25) is 9.78 Å². The molecule has 4 heterocycles. The fourth-order valence-electron chi connectivity index (χ4n) is 3.72. The molecule has 1 amide bonds. The van der Waals surface area contributed by atoms with E-state index in [-0.39, 0.29) is 18.6 Å². The summed E-state index contributed by atoms with van der Waals surface area (Å²) in [6, 6.07) is 1.94. The molecule has 0 spiro atoms. The van der Waals surface area contributed by atoms with Gasteiger partial charge in [0.1, 0.15) is 0 Å². The molecule has 0 radical (unpaired) electrons. The summed E-state index contributed by atoms with van der Waals surface area (Å²) in [6.07, 6.45) is 5.08. The van der Waals surface area contributed by atoms with Crippen molar-refractivity contribution in [2.75, 3.05) is 44.7 Å². The number of aromatic nitrogens is 3. The molecule has 0 saturated carbocycles. The molecule has 2 aliphatic heterocycles. The fourth-order valence-corrected chi connectivity index (χ4v) is 3.72. The molecule has 2 aliphatic rings. The average Bonchev–Trinajstić information content (AvgIpc) is 3.01. The first-order chi connectivity index (χ1) is 12.6. The van der Waals surface area contributed by atoms with E-state index in [4.69, 9.17) is 15.6 Å². The Morgan fingerprint density at radius 3 is 2.81 bits per heavy atom. The molecule has 2 saturated heterocycles. The largest absolute Gasteiger partial charge is 0.369 e. The van der Waals surface area contributed by atoms with Crippen LogP contribution in [0.15, 0.2) is 12.3 Å². The lowest BCUT2D eigenvalue weighted by molar-refractivity contribution is -0.117. The average molecular weight is 358 g/mol. The van der Waals surface area contributed by atoms with Gasteiger partial charge in [-0.1, -0.05) is 0 Å². The molecule has 0 aliphatic carbocycles. The molecule has 26 heavy (non-hydrogen) atoms. The van der Waals surface area contributed by atoms with E-state index in [1.165, 1.54) is 0 Å². The Bertz CT molecular complexity index is 790. The number of hydrogen-bond donors (Lipinski definition) is 1. The second kappa shape index (κ2) is 7.20. The number of anilines is 1. The summed E-state index contributed by atoms with van der Waals surface area (Å²) in [7, 11) is 2.14. The SMILES string of the molecule is CN1CCN(c2nn(C3CCCCO3)c3cc(CC(N)=O)ncc23)CC1. The van der Waals surface area contributed by atoms with Gasteiger partial charge in [-0.25, -0.2) is 4.68 Å². The van der Waals surface area contributed by atoms with Crippen molar-refractivity contribution in [2.24, 2.45) is 5.73 Å². The smallest absolute Gasteiger partial charge is 0.223 e. The molecule has 4 rings (SSSR count). The summed E-state index contributed by atoms with van der Waals surface area (Å²) < 4.78 is 7.95. The van der Waals surface area contributed by atoms with Crippen LogP contribution in [0.2, 0.25) is 0 Å². The van der Waals surface area contributed by atoms with Crippen LogP contribution in [0.1, 0.15) is 31.2 Å². The molecule has 140 valence electrons. The molecule has 2 fully saturated rings. The highest BCUT2D eigenvalue weighted by atomic mass is 16.5. The highest BCUT2D eigenvalue weighted by molar-refractivity contribution is 5.91. The van der Waals surface area contributed by atoms with Crippen LogP contribution in [0.4, 0.5) is 5.82 Å². The van der Waals surface area contributed by atoms with Gasteiger partial charge < -0.3 is 20.3 Å². The third kappa shape index (κ3) is 3.39. The van der Waals surface area contributed by atoms with E-state index >= 15 is 0 Å². The molecule has 2 aromatic rings. The summed E-state index contributed by atoms with van der Waals surface area (Å²) in [5.41, 5.74) is 6.99. The molecule has 0 aromatic carbocycles. The van der Waals surface area contributed by atoms with Crippen molar-refractivity contribution in [2.45, 2.75) is 31.9 Å². The van der Waals surface area contributed by atoms with Crippen LogP contribution in [0.25, 0.3) is 10.9 Å². The number of pyridine rings is 1. The van der Waals surface area contributed by atoms with E-state index in [1.807, 2.05) is 16.9 Å². The minimum atomic E-state index is -0.379. The molecule has 0 bridgehead atoms. The maximum atomic E-state index is 11.3. The molecule has 1 atom stereocenters. The lowest BCUT2D eigenvalue weighted by Crippen LogP contribution is -2.44. The topological polar surface area (TPSA) is 89.5 Å². The maximum absolute atomic E-state index is 11.3. The number of nitrogens with zero attached hydrogens (tertiary/aromatic N) is 5. The van der Waals surface area contributed by atoms with Crippen molar-refractivity contribution in [1.29, 1.82) is 0 Å². The van der Waals surface area contributed by atoms with Gasteiger partial charge in [-0.05, 0) is 32.4 Å². The van der Waals surface area contributed by atoms with Crippen molar-refractivity contribution in [3.05, 3.63) is 18.0 Å². The predicted molar refractivity (Wildman–Crippen MR) is 99.0 cm³/mol. The minimum absolute atomic E-state index is 0.0590. The fraction of sp³-hybridized carbons (Fsp3) is 0.611. The van der Waals surface area contributed by atoms with E-state index in [1.54, 1.807) is 0 Å². The molecule has 8 heteroatoms. The number of rotatable bonds is 4. The zero-order chi connectivity index (χ0) is 18.1. The Hall–Kier alpha value is -2.19. The summed E-state index contributed by atoms with van der Waals surface area (Å²) in [5.74, 6) is 0.580. The molecule has 2 N–H and O–H groups in total. The molecule has 1 unspecified atom stereocenters. The van der Waals surface area contributed by atoms with Gasteiger partial charge in [0.05, 0.1) is 23.0 Å². The number of carbonyl (C=O) groups is 1. The first-order valence-electron chi connectivity index (χ1n) is 9.32. The van der Waals surface area contributed by atoms with Crippen LogP contribution >= 0.6 is 0 Å². The maximum Gasteiger partial charge on any atom is 0.223 e. The summed E-state index contributed by atoms with van der Waals surface area (Å²) in [4.78, 5) is 20.4. The predicted octanol–water partition coefficient (Wildman–Crippen LogP) is 0.910. The van der Waals surface area contributed by atoms with Gasteiger partial charge in [0.15, 0.2) is 12.0 Å². The Labute approximate surface area is 152 Å². The van der Waals surface area contributed by atoms with E-state index in [0.29, 0.717) is 5.69 Å². The zero-order valence-electron chi connectivity index (χ0n) is 15.2. The molecular formula is C18H26N6O2. The number of hydrogen-bond acceptors (Lipinski definition) is 6. The summed E-state index contributed by atoms with van der Waals surface area (Å²) in [6.45, 7) is 4.67. The monoisotopic (exact) mass is 358 g/mol. The first kappa shape index (κ1) is 17.2. The Kier molecular flexibility index (Phi) is 4.78. The van der Waals surface area contributed by atoms with Crippen molar-refractivity contribution in [3.8, 4) is 0 Å². The van der Waals surface area contributed by atoms with Gasteiger partial charge in [-0.2, -0.15) is 5.10 Å². The van der Waals surface area contributed by atoms with Crippen LogP contribution in [0.3, 0.4) is 0 Å². The van der Waals surface area contributed by atoms with Crippen LogP contribution in [-0.4, -0.2) is 65.4 Å². The number of nitrogens with two attached hydrogens (primary N) is 1. The van der Waals surface area contributed by atoms with Crippen molar-refractivity contribution in [3.63, 3.8) is 0 Å². The van der Waals surface area contributed by atoms with Crippen LogP contribution in [-0.2, 0) is 16.0 Å². The van der Waals surface area contributed by atoms with Crippen molar-refractivity contribution in [1.82, 2.24) is 19.7 Å². The van der Waals surface area contributed by atoms with Gasteiger partial charge in [0.25, 0.3) is 0 Å². The zero-order valence-corrected chi connectivity index (χ0v) is 15.2. The van der Waals surface area contributed by atoms with Gasteiger partial charge in [-0.15, -0.1) is 0 Å². The lowest BCUT2D eigenvalue weighted by Gasteiger charge is -2.32. The summed E-state index contributed by atoms with van der Waals surface area (Å²) >= 11 is 0. The Morgan fingerprint density at radius 2 is 2.12 bits per heavy atom. The van der Waals surface area contributed by atoms with E-state index in [0.717, 1.165) is 68.8 Å². The number of amides is 1. The van der Waals surface area contributed by atoms with Crippen molar-refractivity contribution >= 4 is 22.6 Å². The number of fused-ring (bicyclic) bond motifs is 1.